The molecule has 0 aliphatic carbocycles. The molecule has 3 heterocycles. The lowest BCUT2D eigenvalue weighted by molar-refractivity contribution is 0.106. The molecular formula is C20H17N3O3. The highest BCUT2D eigenvalue weighted by atomic mass is 16.3. The van der Waals surface area contributed by atoms with Gasteiger partial charge in [-0.05, 0) is 48.4 Å². The van der Waals surface area contributed by atoms with E-state index in [9.17, 15) is 15.0 Å². The van der Waals surface area contributed by atoms with Gasteiger partial charge in [-0.1, -0.05) is 0 Å². The average Bonchev–Trinajstić information content (AvgIpc) is 3.21. The van der Waals surface area contributed by atoms with Crippen LogP contribution in [0, 0.1) is 0 Å². The number of nitrogens with one attached hydrogen (secondary N) is 2. The number of fused-ring (bicyclic) bond motifs is 4. The van der Waals surface area contributed by atoms with Gasteiger partial charge in [0, 0.05) is 40.8 Å². The predicted molar refractivity (Wildman–Crippen MR) is 99.5 cm³/mol. The number of rotatable bonds is 2. The van der Waals surface area contributed by atoms with Crippen molar-refractivity contribution in [2.45, 2.75) is 18.4 Å². The molecule has 5 rings (SSSR count). The van der Waals surface area contributed by atoms with Crippen molar-refractivity contribution in [1.29, 1.82) is 0 Å². The summed E-state index contributed by atoms with van der Waals surface area (Å²) in [4.78, 5) is 20.8. The zero-order chi connectivity index (χ0) is 17.8. The second-order valence-electron chi connectivity index (χ2n) is 6.82. The van der Waals surface area contributed by atoms with Crippen molar-refractivity contribution in [3.8, 4) is 11.5 Å². The van der Waals surface area contributed by atoms with Gasteiger partial charge in [0.25, 0.3) is 0 Å². The summed E-state index contributed by atoms with van der Waals surface area (Å²) in [5.41, 5.74) is 3.78. The molecule has 2 aromatic carbocycles. The zero-order valence-corrected chi connectivity index (χ0v) is 13.9. The first-order valence-electron chi connectivity index (χ1n) is 8.60. The first kappa shape index (κ1) is 15.0. The number of Topliss-reactive ketones (excluding diaryl/α,β-unsaturated/α-hetero) is 1. The van der Waals surface area contributed by atoms with E-state index in [1.54, 1.807) is 36.5 Å². The van der Waals surface area contributed by atoms with Crippen LogP contribution in [0.25, 0.3) is 10.9 Å². The molecule has 6 heteroatoms. The summed E-state index contributed by atoms with van der Waals surface area (Å²) >= 11 is 0. The molecule has 2 unspecified atom stereocenters. The molecule has 3 aromatic rings. The zero-order valence-electron chi connectivity index (χ0n) is 13.9. The topological polar surface area (TPSA) is 97.7 Å². The predicted octanol–water partition coefficient (Wildman–Crippen LogP) is 3.18. The maximum atomic E-state index is 13.2. The molecule has 4 N–H and O–H groups in total. The second-order valence-corrected chi connectivity index (χ2v) is 6.82. The minimum absolute atomic E-state index is 0.118. The van der Waals surface area contributed by atoms with E-state index in [0.717, 1.165) is 23.2 Å². The lowest BCUT2D eigenvalue weighted by Crippen LogP contribution is -2.39. The summed E-state index contributed by atoms with van der Waals surface area (Å²) in [6, 6.07) is 9.98. The Morgan fingerprint density at radius 3 is 2.81 bits per heavy atom. The smallest absolute Gasteiger partial charge is 0.211 e. The van der Waals surface area contributed by atoms with Gasteiger partial charge >= 0.3 is 0 Å². The van der Waals surface area contributed by atoms with Gasteiger partial charge in [-0.3, -0.25) is 9.79 Å². The van der Waals surface area contributed by atoms with Crippen LogP contribution in [0.3, 0.4) is 0 Å². The molecule has 0 radical (unpaired) electrons. The number of H-pyrrole nitrogens is 1. The van der Waals surface area contributed by atoms with Crippen molar-refractivity contribution in [2.75, 3.05) is 11.9 Å². The summed E-state index contributed by atoms with van der Waals surface area (Å²) in [5, 5.41) is 23.7. The van der Waals surface area contributed by atoms with Gasteiger partial charge in [0.2, 0.25) is 5.78 Å². The molecular weight excluding hydrogens is 330 g/mol. The Morgan fingerprint density at radius 2 is 1.92 bits per heavy atom. The van der Waals surface area contributed by atoms with Crippen LogP contribution >= 0.6 is 0 Å². The number of aliphatic imine (C=N–C) groups is 1. The lowest BCUT2D eigenvalue weighted by atomic mass is 9.84. The molecule has 0 fully saturated rings. The Morgan fingerprint density at radius 1 is 1.12 bits per heavy atom. The van der Waals surface area contributed by atoms with Crippen LogP contribution in [0.15, 0.2) is 47.6 Å². The number of phenols is 2. The fraction of sp³-hybridized carbons (Fsp3) is 0.200. The van der Waals surface area contributed by atoms with E-state index >= 15 is 0 Å². The SMILES string of the molecule is O=C(C1=NCCC2c3cc(O)ccc3NC12)c1c[nH]c2ccc(O)cc12. The first-order valence-corrected chi connectivity index (χ1v) is 8.60. The molecule has 0 saturated heterocycles. The highest BCUT2D eigenvalue weighted by molar-refractivity contribution is 6.50. The first-order chi connectivity index (χ1) is 12.6. The van der Waals surface area contributed by atoms with Crippen molar-refractivity contribution < 1.29 is 15.0 Å². The van der Waals surface area contributed by atoms with Crippen molar-refractivity contribution >= 4 is 28.1 Å². The minimum atomic E-state index is -0.199. The molecule has 2 aliphatic rings. The highest BCUT2D eigenvalue weighted by Crippen LogP contribution is 2.42. The van der Waals surface area contributed by atoms with E-state index in [1.165, 1.54) is 0 Å². The third-order valence-corrected chi connectivity index (χ3v) is 5.31. The highest BCUT2D eigenvalue weighted by Gasteiger charge is 2.40. The lowest BCUT2D eigenvalue weighted by Gasteiger charge is -2.25. The standard InChI is InChI=1S/C20H17N3O3/c24-10-1-3-16-14(8-10)15(9-22-16)20(26)19-18-12(5-6-21-19)13-7-11(25)2-4-17(13)23-18/h1-4,7-9,12,18,22-25H,5-6H2. The minimum Gasteiger partial charge on any atom is -0.508 e. The van der Waals surface area contributed by atoms with Crippen LogP contribution in [-0.4, -0.2) is 39.3 Å². The number of nitrogens with zero attached hydrogens (tertiary/aromatic N) is 1. The number of aromatic amines is 1. The van der Waals surface area contributed by atoms with Crippen LogP contribution in [0.2, 0.25) is 0 Å². The van der Waals surface area contributed by atoms with Gasteiger partial charge in [-0.15, -0.1) is 0 Å². The Kier molecular flexibility index (Phi) is 3.09. The van der Waals surface area contributed by atoms with Crippen molar-refractivity contribution in [1.82, 2.24) is 4.98 Å². The number of carbonyl (C=O) groups is 1. The molecule has 0 spiro atoms. The Labute approximate surface area is 149 Å². The molecule has 26 heavy (non-hydrogen) atoms. The maximum Gasteiger partial charge on any atom is 0.211 e. The van der Waals surface area contributed by atoms with E-state index in [2.05, 4.69) is 15.3 Å². The molecule has 0 amide bonds. The molecule has 2 aliphatic heterocycles. The van der Waals surface area contributed by atoms with Gasteiger partial charge < -0.3 is 20.5 Å². The Hall–Kier alpha value is -3.28. The van der Waals surface area contributed by atoms with E-state index in [0.29, 0.717) is 23.2 Å². The van der Waals surface area contributed by atoms with E-state index < -0.39 is 0 Å². The largest absolute Gasteiger partial charge is 0.508 e. The number of anilines is 1. The Bertz CT molecular complexity index is 1080. The molecule has 6 nitrogen and oxygen atoms in total. The van der Waals surface area contributed by atoms with Crippen molar-refractivity contribution in [3.63, 3.8) is 0 Å². The van der Waals surface area contributed by atoms with Crippen molar-refractivity contribution in [2.24, 2.45) is 4.99 Å². The van der Waals surface area contributed by atoms with E-state index in [1.807, 2.05) is 6.07 Å². The van der Waals surface area contributed by atoms with E-state index in [4.69, 9.17) is 0 Å². The van der Waals surface area contributed by atoms with Gasteiger partial charge in [0.15, 0.2) is 0 Å². The Balaban J connectivity index is 1.55. The second kappa shape index (κ2) is 5.36. The van der Waals surface area contributed by atoms with Crippen LogP contribution in [0.5, 0.6) is 11.5 Å². The number of hydrogen-bond donors (Lipinski definition) is 4. The molecule has 0 bridgehead atoms. The third-order valence-electron chi connectivity index (χ3n) is 5.31. The summed E-state index contributed by atoms with van der Waals surface area (Å²) < 4.78 is 0. The summed E-state index contributed by atoms with van der Waals surface area (Å²) in [6.07, 6.45) is 2.51. The number of benzene rings is 2. The van der Waals surface area contributed by atoms with Crippen LogP contribution < -0.4 is 5.32 Å². The van der Waals surface area contributed by atoms with Gasteiger partial charge in [-0.25, -0.2) is 0 Å². The van der Waals surface area contributed by atoms with Crippen LogP contribution in [-0.2, 0) is 0 Å². The number of aromatic hydroxyl groups is 2. The van der Waals surface area contributed by atoms with Gasteiger partial charge in [0.1, 0.15) is 17.2 Å². The number of carbonyl (C=O) groups excluding carboxylic acids is 1. The average molecular weight is 347 g/mol. The van der Waals surface area contributed by atoms with Crippen molar-refractivity contribution in [3.05, 3.63) is 53.7 Å². The van der Waals surface area contributed by atoms with Crippen LogP contribution in [0.1, 0.15) is 28.3 Å². The molecule has 0 saturated carbocycles. The number of hydrogen-bond acceptors (Lipinski definition) is 5. The fourth-order valence-corrected chi connectivity index (χ4v) is 4.09. The summed E-state index contributed by atoms with van der Waals surface area (Å²) in [5.74, 6) is 0.332. The normalized spacial score (nSPS) is 21.0. The number of aromatic nitrogens is 1. The summed E-state index contributed by atoms with van der Waals surface area (Å²) in [6.45, 7) is 0.576. The van der Waals surface area contributed by atoms with Gasteiger partial charge in [-0.2, -0.15) is 0 Å². The summed E-state index contributed by atoms with van der Waals surface area (Å²) in [7, 11) is 0. The third kappa shape index (κ3) is 2.12. The molecule has 1 aromatic heterocycles. The fourth-order valence-electron chi connectivity index (χ4n) is 4.09. The molecule has 130 valence electrons. The van der Waals surface area contributed by atoms with Crippen LogP contribution in [0.4, 0.5) is 5.69 Å². The van der Waals surface area contributed by atoms with E-state index in [-0.39, 0.29) is 29.2 Å². The molecule has 2 atom stereocenters. The maximum absolute atomic E-state index is 13.2. The monoisotopic (exact) mass is 347 g/mol. The quantitative estimate of drug-likeness (QED) is 0.423. The number of phenolic OH excluding ortho intramolecular Hbond substituents is 2. The van der Waals surface area contributed by atoms with Gasteiger partial charge in [0.05, 0.1) is 6.04 Å². The number of ketones is 1.